The van der Waals surface area contributed by atoms with Crippen LogP contribution < -0.4 is 4.90 Å². The first-order valence-electron chi connectivity index (χ1n) is 14.8. The molecule has 3 heteroatoms. The number of pyridine rings is 1. The monoisotopic (exact) mass is 564 g/mol. The Morgan fingerprint density at radius 1 is 0.432 bits per heavy atom. The smallest absolute Gasteiger partial charge is 0.161 e. The molecule has 0 radical (unpaired) electrons. The Bertz CT molecular complexity index is 2150. The highest BCUT2D eigenvalue weighted by atomic mass is 16.3. The van der Waals surface area contributed by atoms with Crippen molar-refractivity contribution in [2.45, 2.75) is 0 Å². The van der Waals surface area contributed by atoms with Gasteiger partial charge in [0.1, 0.15) is 5.52 Å². The lowest BCUT2D eigenvalue weighted by Crippen LogP contribution is -2.10. The molecule has 0 atom stereocenters. The molecule has 2 aromatic heterocycles. The Balaban J connectivity index is 1.38. The maximum Gasteiger partial charge on any atom is 0.161 e. The van der Waals surface area contributed by atoms with Crippen LogP contribution in [-0.4, -0.2) is 4.98 Å². The lowest BCUT2D eigenvalue weighted by molar-refractivity contribution is 0.668. The first-order valence-corrected chi connectivity index (χ1v) is 14.8. The third kappa shape index (κ3) is 4.71. The van der Waals surface area contributed by atoms with E-state index in [0.29, 0.717) is 0 Å². The molecule has 0 fully saturated rings. The van der Waals surface area contributed by atoms with E-state index < -0.39 is 0 Å². The zero-order valence-electron chi connectivity index (χ0n) is 24.0. The maximum atomic E-state index is 6.53. The highest BCUT2D eigenvalue weighted by Gasteiger charge is 2.21. The van der Waals surface area contributed by atoms with Crippen LogP contribution in [0.4, 0.5) is 17.1 Å². The number of nitrogens with zero attached hydrogens (tertiary/aromatic N) is 2. The summed E-state index contributed by atoms with van der Waals surface area (Å²) in [6.07, 6.45) is 1.82. The average Bonchev–Trinajstić information content (AvgIpc) is 3.49. The summed E-state index contributed by atoms with van der Waals surface area (Å²) >= 11 is 0. The Morgan fingerprint density at radius 3 is 1.61 bits per heavy atom. The number of para-hydroxylation sites is 1. The first-order chi connectivity index (χ1) is 21.8. The first kappa shape index (κ1) is 25.8. The minimum atomic E-state index is 0.775. The van der Waals surface area contributed by atoms with Gasteiger partial charge >= 0.3 is 0 Å². The predicted molar refractivity (Wildman–Crippen MR) is 183 cm³/mol. The van der Waals surface area contributed by atoms with Crippen molar-refractivity contribution in [1.29, 1.82) is 0 Å². The molecule has 0 aliphatic heterocycles. The van der Waals surface area contributed by atoms with Crippen LogP contribution in [0.15, 0.2) is 174 Å². The molecule has 3 nitrogen and oxygen atoms in total. The molecule has 0 amide bonds. The third-order valence-electron chi connectivity index (χ3n) is 8.10. The number of hydrogen-bond donors (Lipinski definition) is 0. The van der Waals surface area contributed by atoms with Crippen LogP contribution in [0, 0.1) is 0 Å². The Morgan fingerprint density at radius 2 is 1.00 bits per heavy atom. The van der Waals surface area contributed by atoms with E-state index >= 15 is 0 Å². The van der Waals surface area contributed by atoms with Gasteiger partial charge in [0.05, 0.1) is 5.69 Å². The minimum absolute atomic E-state index is 0.775. The van der Waals surface area contributed by atoms with Gasteiger partial charge in [0.2, 0.25) is 0 Å². The summed E-state index contributed by atoms with van der Waals surface area (Å²) in [6, 6.07) is 57.4. The van der Waals surface area contributed by atoms with Gasteiger partial charge in [-0.1, -0.05) is 109 Å². The van der Waals surface area contributed by atoms with E-state index in [-0.39, 0.29) is 0 Å². The zero-order valence-corrected chi connectivity index (χ0v) is 24.0. The van der Waals surface area contributed by atoms with Gasteiger partial charge in [-0.05, 0) is 88.0 Å². The zero-order chi connectivity index (χ0) is 29.3. The Kier molecular flexibility index (Phi) is 6.47. The van der Waals surface area contributed by atoms with Crippen LogP contribution >= 0.6 is 0 Å². The van der Waals surface area contributed by atoms with Gasteiger partial charge in [0.15, 0.2) is 11.2 Å². The number of rotatable bonds is 6. The van der Waals surface area contributed by atoms with Gasteiger partial charge in [0.25, 0.3) is 0 Å². The van der Waals surface area contributed by atoms with Gasteiger partial charge in [-0.15, -0.1) is 0 Å². The van der Waals surface area contributed by atoms with E-state index in [9.17, 15) is 0 Å². The molecular weight excluding hydrogens is 536 g/mol. The molecule has 8 aromatic rings. The predicted octanol–water partition coefficient (Wildman–Crippen LogP) is 11.5. The average molecular weight is 565 g/mol. The summed E-state index contributed by atoms with van der Waals surface area (Å²) in [5.74, 6) is 0. The molecule has 0 saturated heterocycles. The van der Waals surface area contributed by atoms with E-state index in [2.05, 4.69) is 155 Å². The van der Waals surface area contributed by atoms with Crippen LogP contribution in [0.2, 0.25) is 0 Å². The van der Waals surface area contributed by atoms with E-state index in [1.54, 1.807) is 0 Å². The van der Waals surface area contributed by atoms with Crippen molar-refractivity contribution < 1.29 is 4.42 Å². The molecule has 0 saturated carbocycles. The van der Waals surface area contributed by atoms with Crippen LogP contribution in [0.1, 0.15) is 0 Å². The van der Waals surface area contributed by atoms with Crippen molar-refractivity contribution in [3.8, 4) is 33.4 Å². The molecule has 2 heterocycles. The molecule has 0 unspecified atom stereocenters. The largest absolute Gasteiger partial charge is 0.452 e. The van der Waals surface area contributed by atoms with Crippen molar-refractivity contribution in [3.63, 3.8) is 0 Å². The van der Waals surface area contributed by atoms with E-state index in [4.69, 9.17) is 4.42 Å². The molecule has 0 bridgehead atoms. The number of aromatic nitrogens is 1. The maximum absolute atomic E-state index is 6.53. The Hall–Kier alpha value is -5.93. The fraction of sp³-hybridized carbons (Fsp3) is 0. The standard InChI is InChI=1S/C41H28N2O/c1-4-12-29(13-5-1)32-21-23-35(24-22-32)43(38-19-10-18-37-40-39(44-41(37)38)20-11-25-42-40)36-27-33(30-14-6-2-7-15-30)26-34(28-36)31-16-8-3-9-17-31/h1-28H. The fourth-order valence-electron chi connectivity index (χ4n) is 5.98. The van der Waals surface area contributed by atoms with E-state index in [1.165, 1.54) is 11.1 Å². The molecule has 8 rings (SSSR count). The summed E-state index contributed by atoms with van der Waals surface area (Å²) < 4.78 is 6.53. The van der Waals surface area contributed by atoms with Crippen molar-refractivity contribution >= 4 is 39.1 Å². The number of hydrogen-bond acceptors (Lipinski definition) is 3. The lowest BCUT2D eigenvalue weighted by Gasteiger charge is -2.27. The van der Waals surface area contributed by atoms with Crippen molar-refractivity contribution in [2.75, 3.05) is 4.90 Å². The third-order valence-corrected chi connectivity index (χ3v) is 8.10. The SMILES string of the molecule is c1ccc(-c2ccc(N(c3cc(-c4ccccc4)cc(-c4ccccc4)c3)c3cccc4c3oc3cccnc34)cc2)cc1. The van der Waals surface area contributed by atoms with Gasteiger partial charge in [0, 0.05) is 23.0 Å². The Labute approximate surface area is 256 Å². The second-order valence-corrected chi connectivity index (χ2v) is 10.9. The van der Waals surface area contributed by atoms with Gasteiger partial charge in [-0.3, -0.25) is 4.98 Å². The number of furan rings is 1. The molecule has 0 N–H and O–H groups in total. The molecule has 0 spiro atoms. The van der Waals surface area contributed by atoms with Crippen LogP contribution in [0.5, 0.6) is 0 Å². The molecule has 208 valence electrons. The quantitative estimate of drug-likeness (QED) is 0.201. The van der Waals surface area contributed by atoms with Crippen molar-refractivity contribution in [2.24, 2.45) is 0 Å². The number of fused-ring (bicyclic) bond motifs is 3. The summed E-state index contributed by atoms with van der Waals surface area (Å²) in [6.45, 7) is 0. The van der Waals surface area contributed by atoms with E-state index in [1.807, 2.05) is 24.4 Å². The topological polar surface area (TPSA) is 29.3 Å². The second-order valence-electron chi connectivity index (χ2n) is 10.9. The summed E-state index contributed by atoms with van der Waals surface area (Å²) in [5.41, 5.74) is 12.5. The summed E-state index contributed by atoms with van der Waals surface area (Å²) in [7, 11) is 0. The number of benzene rings is 6. The minimum Gasteiger partial charge on any atom is -0.452 e. The molecule has 44 heavy (non-hydrogen) atoms. The van der Waals surface area contributed by atoms with Gasteiger partial charge < -0.3 is 9.32 Å². The summed E-state index contributed by atoms with van der Waals surface area (Å²) in [5, 5.41) is 0.992. The fourth-order valence-corrected chi connectivity index (χ4v) is 5.98. The van der Waals surface area contributed by atoms with Crippen molar-refractivity contribution in [3.05, 3.63) is 170 Å². The van der Waals surface area contributed by atoms with Crippen molar-refractivity contribution in [1.82, 2.24) is 4.98 Å². The molecule has 6 aromatic carbocycles. The summed E-state index contributed by atoms with van der Waals surface area (Å²) in [4.78, 5) is 6.96. The van der Waals surface area contributed by atoms with Gasteiger partial charge in [-0.25, -0.2) is 0 Å². The van der Waals surface area contributed by atoms with Gasteiger partial charge in [-0.2, -0.15) is 0 Å². The molecule has 0 aliphatic carbocycles. The normalized spacial score (nSPS) is 11.2. The van der Waals surface area contributed by atoms with Crippen LogP contribution in [0.3, 0.4) is 0 Å². The number of anilines is 3. The highest BCUT2D eigenvalue weighted by molar-refractivity contribution is 6.08. The lowest BCUT2D eigenvalue weighted by atomic mass is 9.97. The van der Waals surface area contributed by atoms with E-state index in [0.717, 1.165) is 61.4 Å². The molecule has 0 aliphatic rings. The van der Waals surface area contributed by atoms with Crippen LogP contribution in [0.25, 0.3) is 55.4 Å². The van der Waals surface area contributed by atoms with Crippen LogP contribution in [-0.2, 0) is 0 Å². The molecular formula is C41H28N2O. The second kappa shape index (κ2) is 11.0. The highest BCUT2D eigenvalue weighted by Crippen LogP contribution is 2.44.